The molecule has 0 aromatic rings. The highest BCUT2D eigenvalue weighted by atomic mass is 16.5. The lowest BCUT2D eigenvalue weighted by atomic mass is 10.0. The SMILES string of the molecule is CCCCCCCCCCCCCCCCCCCCCCC/C=C/C(O)C(CO)NC(=O)CC/C=C\C/C=C\CCCCCCCCOC(=O)CCCCCCCCCCCCCCCCC. The second-order valence-electron chi connectivity index (χ2n) is 20.7. The number of rotatable bonds is 56. The van der Waals surface area contributed by atoms with E-state index in [0.717, 1.165) is 51.4 Å². The van der Waals surface area contributed by atoms with Crippen LogP contribution in [0.1, 0.15) is 322 Å². The number of amides is 1. The Bertz CT molecular complexity index is 1100. The van der Waals surface area contributed by atoms with Crippen LogP contribution >= 0.6 is 0 Å². The van der Waals surface area contributed by atoms with Gasteiger partial charge in [0.1, 0.15) is 0 Å². The van der Waals surface area contributed by atoms with E-state index in [2.05, 4.69) is 37.4 Å². The smallest absolute Gasteiger partial charge is 0.305 e. The summed E-state index contributed by atoms with van der Waals surface area (Å²) >= 11 is 0. The Labute approximate surface area is 424 Å². The molecule has 0 aromatic carbocycles. The van der Waals surface area contributed by atoms with E-state index in [-0.39, 0.29) is 18.5 Å². The molecule has 2 unspecified atom stereocenters. The van der Waals surface area contributed by atoms with Gasteiger partial charge in [-0.3, -0.25) is 9.59 Å². The van der Waals surface area contributed by atoms with Gasteiger partial charge < -0.3 is 20.3 Å². The molecule has 0 aromatic heterocycles. The Kier molecular flexibility index (Phi) is 56.0. The number of aliphatic hydroxyl groups excluding tert-OH is 2. The van der Waals surface area contributed by atoms with Gasteiger partial charge in [-0.2, -0.15) is 0 Å². The molecule has 0 fully saturated rings. The van der Waals surface area contributed by atoms with Gasteiger partial charge >= 0.3 is 5.97 Å². The summed E-state index contributed by atoms with van der Waals surface area (Å²) in [7, 11) is 0. The van der Waals surface area contributed by atoms with Gasteiger partial charge in [-0.05, 0) is 51.4 Å². The minimum atomic E-state index is -0.880. The number of hydrogen-bond acceptors (Lipinski definition) is 5. The number of esters is 1. The van der Waals surface area contributed by atoms with Crippen molar-refractivity contribution in [3.8, 4) is 0 Å². The van der Waals surface area contributed by atoms with Gasteiger partial charge in [0.05, 0.1) is 25.4 Å². The molecule has 0 heterocycles. The van der Waals surface area contributed by atoms with Gasteiger partial charge in [-0.1, -0.05) is 294 Å². The normalized spacial score (nSPS) is 12.8. The number of allylic oxidation sites excluding steroid dienone is 5. The minimum Gasteiger partial charge on any atom is -0.466 e. The topological polar surface area (TPSA) is 95.9 Å². The van der Waals surface area contributed by atoms with Crippen LogP contribution in [0.5, 0.6) is 0 Å². The second-order valence-corrected chi connectivity index (χ2v) is 20.7. The van der Waals surface area contributed by atoms with E-state index in [1.54, 1.807) is 6.08 Å². The first kappa shape index (κ1) is 66.1. The van der Waals surface area contributed by atoms with Crippen molar-refractivity contribution in [2.45, 2.75) is 334 Å². The van der Waals surface area contributed by atoms with Crippen molar-refractivity contribution in [3.05, 3.63) is 36.5 Å². The molecular formula is C62H117NO5. The summed E-state index contributed by atoms with van der Waals surface area (Å²) in [6.45, 7) is 4.86. The average molecular weight is 957 g/mol. The van der Waals surface area contributed by atoms with Crippen molar-refractivity contribution >= 4 is 11.9 Å². The molecule has 0 saturated heterocycles. The van der Waals surface area contributed by atoms with Crippen LogP contribution in [0.4, 0.5) is 0 Å². The standard InChI is InChI=1S/C62H117NO5/c1-3-5-7-9-11-13-15-17-19-20-21-22-23-24-25-26-28-30-34-38-42-46-50-54-60(65)59(58-64)63-61(66)55-51-47-43-39-35-31-29-33-37-41-45-49-53-57-68-62(67)56-52-48-44-40-36-32-27-18-16-14-12-10-8-6-4-2/h31,35,43,47,50,54,59-60,64-65H,3-30,32-34,36-42,44-46,48-49,51-53,55-58H2,1-2H3,(H,63,66)/b35-31-,47-43-,54-50+. The number of unbranched alkanes of at least 4 members (excludes halogenated alkanes) is 41. The van der Waals surface area contributed by atoms with Crippen molar-refractivity contribution < 1.29 is 24.5 Å². The maximum absolute atomic E-state index is 12.4. The van der Waals surface area contributed by atoms with Gasteiger partial charge in [0.25, 0.3) is 0 Å². The van der Waals surface area contributed by atoms with Crippen LogP contribution in [0, 0.1) is 0 Å². The van der Waals surface area contributed by atoms with E-state index in [9.17, 15) is 19.8 Å². The number of nitrogens with one attached hydrogen (secondary N) is 1. The Hall–Kier alpha value is -1.92. The van der Waals surface area contributed by atoms with E-state index >= 15 is 0 Å². The zero-order valence-corrected chi connectivity index (χ0v) is 45.6. The summed E-state index contributed by atoms with van der Waals surface area (Å²) < 4.78 is 5.46. The zero-order chi connectivity index (χ0) is 49.3. The molecule has 1 amide bonds. The van der Waals surface area contributed by atoms with Crippen molar-refractivity contribution in [3.63, 3.8) is 0 Å². The van der Waals surface area contributed by atoms with Crippen molar-refractivity contribution in [1.82, 2.24) is 5.32 Å². The lowest BCUT2D eigenvalue weighted by Gasteiger charge is -2.19. The highest BCUT2D eigenvalue weighted by Gasteiger charge is 2.17. The number of carbonyl (C=O) groups is 2. The van der Waals surface area contributed by atoms with Crippen LogP contribution in [0.2, 0.25) is 0 Å². The minimum absolute atomic E-state index is 0.0152. The van der Waals surface area contributed by atoms with Gasteiger partial charge in [0.15, 0.2) is 0 Å². The van der Waals surface area contributed by atoms with Crippen molar-refractivity contribution in [1.29, 1.82) is 0 Å². The maximum Gasteiger partial charge on any atom is 0.305 e. The van der Waals surface area contributed by atoms with E-state index in [1.807, 2.05) is 12.2 Å². The molecular weight excluding hydrogens is 839 g/mol. The largest absolute Gasteiger partial charge is 0.466 e. The van der Waals surface area contributed by atoms with Crippen LogP contribution in [0.3, 0.4) is 0 Å². The fourth-order valence-electron chi connectivity index (χ4n) is 9.27. The number of aliphatic hydroxyl groups is 2. The average Bonchev–Trinajstić information content (AvgIpc) is 3.34. The van der Waals surface area contributed by atoms with Crippen LogP contribution in [0.25, 0.3) is 0 Å². The molecule has 400 valence electrons. The molecule has 0 aliphatic carbocycles. The fourth-order valence-corrected chi connectivity index (χ4v) is 9.27. The maximum atomic E-state index is 12.4. The van der Waals surface area contributed by atoms with Crippen LogP contribution in [0.15, 0.2) is 36.5 Å². The first-order chi connectivity index (χ1) is 33.5. The predicted molar refractivity (Wildman–Crippen MR) is 296 cm³/mol. The summed E-state index contributed by atoms with van der Waals surface area (Å²) in [6.07, 6.45) is 71.9. The molecule has 68 heavy (non-hydrogen) atoms. The molecule has 0 saturated carbocycles. The molecule has 0 rings (SSSR count). The van der Waals surface area contributed by atoms with E-state index in [1.165, 1.54) is 238 Å². The second kappa shape index (κ2) is 57.7. The highest BCUT2D eigenvalue weighted by Crippen LogP contribution is 2.17. The summed E-state index contributed by atoms with van der Waals surface area (Å²) in [4.78, 5) is 24.5. The molecule has 6 nitrogen and oxygen atoms in total. The van der Waals surface area contributed by atoms with Gasteiger partial charge in [-0.15, -0.1) is 0 Å². The lowest BCUT2D eigenvalue weighted by Crippen LogP contribution is -2.45. The molecule has 0 bridgehead atoms. The Morgan fingerprint density at radius 3 is 1.15 bits per heavy atom. The van der Waals surface area contributed by atoms with E-state index < -0.39 is 12.1 Å². The quantitative estimate of drug-likeness (QED) is 0.0321. The summed E-state index contributed by atoms with van der Waals surface area (Å²) in [5.74, 6) is -0.161. The predicted octanol–water partition coefficient (Wildman–Crippen LogP) is 18.8. The Morgan fingerprint density at radius 2 is 0.750 bits per heavy atom. The third kappa shape index (κ3) is 53.4. The molecule has 2 atom stereocenters. The van der Waals surface area contributed by atoms with E-state index in [0.29, 0.717) is 25.9 Å². The molecule has 0 aliphatic rings. The number of hydrogen-bond donors (Lipinski definition) is 3. The van der Waals surface area contributed by atoms with Gasteiger partial charge in [0, 0.05) is 12.8 Å². The molecule has 6 heteroatoms. The van der Waals surface area contributed by atoms with Crippen LogP contribution in [-0.4, -0.2) is 47.4 Å². The van der Waals surface area contributed by atoms with Crippen LogP contribution in [-0.2, 0) is 14.3 Å². The Balaban J connectivity index is 3.56. The molecule has 3 N–H and O–H groups in total. The van der Waals surface area contributed by atoms with Crippen molar-refractivity contribution in [2.24, 2.45) is 0 Å². The third-order valence-corrected chi connectivity index (χ3v) is 13.9. The summed E-state index contributed by atoms with van der Waals surface area (Å²) in [6, 6.07) is -0.673. The zero-order valence-electron chi connectivity index (χ0n) is 45.6. The molecule has 0 aliphatic heterocycles. The van der Waals surface area contributed by atoms with Gasteiger partial charge in [-0.25, -0.2) is 0 Å². The third-order valence-electron chi connectivity index (χ3n) is 13.9. The first-order valence-electron chi connectivity index (χ1n) is 30.3. The Morgan fingerprint density at radius 1 is 0.412 bits per heavy atom. The first-order valence-corrected chi connectivity index (χ1v) is 30.3. The number of ether oxygens (including phenoxy) is 1. The van der Waals surface area contributed by atoms with Gasteiger partial charge in [0.2, 0.25) is 5.91 Å². The lowest BCUT2D eigenvalue weighted by molar-refractivity contribution is -0.143. The molecule has 0 spiro atoms. The number of carbonyl (C=O) groups excluding carboxylic acids is 2. The molecule has 0 radical (unpaired) electrons. The summed E-state index contributed by atoms with van der Waals surface area (Å²) in [5.41, 5.74) is 0. The van der Waals surface area contributed by atoms with E-state index in [4.69, 9.17) is 4.74 Å². The van der Waals surface area contributed by atoms with Crippen LogP contribution < -0.4 is 5.32 Å². The monoisotopic (exact) mass is 956 g/mol. The fraction of sp³-hybridized carbons (Fsp3) is 0.871. The summed E-state index contributed by atoms with van der Waals surface area (Å²) in [5, 5.41) is 23.1. The highest BCUT2D eigenvalue weighted by molar-refractivity contribution is 5.76. The van der Waals surface area contributed by atoms with Crippen molar-refractivity contribution in [2.75, 3.05) is 13.2 Å².